The van der Waals surface area contributed by atoms with Gasteiger partial charge in [0.1, 0.15) is 18.1 Å². The monoisotopic (exact) mass is 403 g/mol. The second-order valence-corrected chi connectivity index (χ2v) is 6.95. The molecule has 4 unspecified atom stereocenters. The van der Waals surface area contributed by atoms with Gasteiger partial charge in [-0.2, -0.15) is 0 Å². The smallest absolute Gasteiger partial charge is 0.326 e. The minimum atomic E-state index is -1.36. The first-order valence-electron chi connectivity index (χ1n) is 9.25. The van der Waals surface area contributed by atoms with Crippen LogP contribution in [0.5, 0.6) is 0 Å². The number of nitrogens with two attached hydrogens (primary N) is 2. The largest absolute Gasteiger partial charge is 0.480 e. The molecule has 11 nitrogen and oxygen atoms in total. The van der Waals surface area contributed by atoms with Gasteiger partial charge in [0.2, 0.25) is 17.7 Å². The molecular weight excluding hydrogens is 370 g/mol. The summed E-state index contributed by atoms with van der Waals surface area (Å²) in [5, 5.41) is 25.8. The van der Waals surface area contributed by atoms with Gasteiger partial charge < -0.3 is 37.6 Å². The highest BCUT2D eigenvalue weighted by atomic mass is 16.4. The van der Waals surface area contributed by atoms with E-state index in [1.807, 2.05) is 0 Å². The van der Waals surface area contributed by atoms with Crippen LogP contribution in [0.15, 0.2) is 0 Å². The van der Waals surface area contributed by atoms with Crippen molar-refractivity contribution in [2.45, 2.75) is 64.2 Å². The number of hydrogen-bond acceptors (Lipinski definition) is 7. The number of aliphatic hydroxyl groups excluding tert-OH is 1. The van der Waals surface area contributed by atoms with Crippen LogP contribution in [0.4, 0.5) is 0 Å². The van der Waals surface area contributed by atoms with E-state index in [1.54, 1.807) is 13.8 Å². The Morgan fingerprint density at radius 3 is 1.89 bits per heavy atom. The summed E-state index contributed by atoms with van der Waals surface area (Å²) in [5.74, 6) is -3.60. The van der Waals surface area contributed by atoms with Gasteiger partial charge in [-0.05, 0) is 38.6 Å². The van der Waals surface area contributed by atoms with Crippen LogP contribution in [0.1, 0.15) is 40.0 Å². The van der Waals surface area contributed by atoms with Crippen molar-refractivity contribution in [1.82, 2.24) is 16.0 Å². The van der Waals surface area contributed by atoms with Gasteiger partial charge in [-0.15, -0.1) is 0 Å². The first-order valence-corrected chi connectivity index (χ1v) is 9.25. The van der Waals surface area contributed by atoms with Gasteiger partial charge in [0, 0.05) is 0 Å². The Hall–Kier alpha value is -2.24. The van der Waals surface area contributed by atoms with E-state index in [-0.39, 0.29) is 12.3 Å². The average Bonchev–Trinajstić information content (AvgIpc) is 2.62. The van der Waals surface area contributed by atoms with E-state index in [1.165, 1.54) is 6.92 Å². The molecule has 0 aliphatic carbocycles. The molecule has 3 amide bonds. The molecule has 9 N–H and O–H groups in total. The van der Waals surface area contributed by atoms with E-state index in [0.29, 0.717) is 19.4 Å². The Labute approximate surface area is 164 Å². The van der Waals surface area contributed by atoms with Crippen LogP contribution in [0, 0.1) is 5.92 Å². The number of carbonyl (C=O) groups excluding carboxylic acids is 3. The van der Waals surface area contributed by atoms with Crippen molar-refractivity contribution in [2.75, 3.05) is 13.2 Å². The van der Waals surface area contributed by atoms with Crippen molar-refractivity contribution in [3.05, 3.63) is 0 Å². The zero-order valence-corrected chi connectivity index (χ0v) is 16.6. The number of unbranched alkanes of at least 4 members (excludes halogenated alkanes) is 1. The highest BCUT2D eigenvalue weighted by Gasteiger charge is 2.30. The molecular formula is C17H33N5O6. The average molecular weight is 403 g/mol. The highest BCUT2D eigenvalue weighted by molar-refractivity contribution is 5.94. The molecule has 0 aromatic carbocycles. The van der Waals surface area contributed by atoms with Crippen molar-refractivity contribution in [3.63, 3.8) is 0 Å². The Bertz CT molecular complexity index is 540. The van der Waals surface area contributed by atoms with Crippen LogP contribution in [0.3, 0.4) is 0 Å². The van der Waals surface area contributed by atoms with Crippen LogP contribution < -0.4 is 27.4 Å². The number of nitrogens with one attached hydrogen (secondary N) is 3. The van der Waals surface area contributed by atoms with Crippen molar-refractivity contribution < 1.29 is 29.4 Å². The number of amides is 3. The summed E-state index contributed by atoms with van der Waals surface area (Å²) in [6.45, 7) is 4.51. The molecule has 4 atom stereocenters. The van der Waals surface area contributed by atoms with Crippen LogP contribution in [0.25, 0.3) is 0 Å². The summed E-state index contributed by atoms with van der Waals surface area (Å²) >= 11 is 0. The first-order chi connectivity index (χ1) is 13.0. The van der Waals surface area contributed by atoms with Gasteiger partial charge in [-0.1, -0.05) is 13.8 Å². The Balaban J connectivity index is 5.02. The highest BCUT2D eigenvalue weighted by Crippen LogP contribution is 2.04. The van der Waals surface area contributed by atoms with E-state index < -0.39 is 54.5 Å². The van der Waals surface area contributed by atoms with Gasteiger partial charge in [0.15, 0.2) is 0 Å². The Morgan fingerprint density at radius 1 is 0.893 bits per heavy atom. The molecule has 0 heterocycles. The maximum Gasteiger partial charge on any atom is 0.326 e. The maximum absolute atomic E-state index is 12.5. The fourth-order valence-electron chi connectivity index (χ4n) is 2.30. The van der Waals surface area contributed by atoms with E-state index in [9.17, 15) is 29.4 Å². The van der Waals surface area contributed by atoms with Crippen molar-refractivity contribution in [3.8, 4) is 0 Å². The summed E-state index contributed by atoms with van der Waals surface area (Å²) in [6.07, 6.45) is 1.28. The molecule has 0 spiro atoms. The fraction of sp³-hybridized carbons (Fsp3) is 0.765. The van der Waals surface area contributed by atoms with Gasteiger partial charge in [-0.25, -0.2) is 4.79 Å². The number of rotatable bonds is 13. The molecule has 0 aromatic rings. The molecule has 0 aliphatic rings. The molecule has 0 saturated carbocycles. The predicted molar refractivity (Wildman–Crippen MR) is 102 cm³/mol. The number of carbonyl (C=O) groups is 4. The standard InChI is InChI=1S/C17H33N5O6/c1-9(2)13(22-14(24)10(3)19)16(26)21-12(8-23)15(25)20-11(17(27)28)6-4-5-7-18/h9-13,23H,4-8,18-19H2,1-3H3,(H,20,25)(H,21,26)(H,22,24)(H,27,28). The second kappa shape index (κ2) is 13.0. The number of aliphatic hydroxyl groups is 1. The maximum atomic E-state index is 12.5. The molecule has 0 aliphatic heterocycles. The summed E-state index contributed by atoms with van der Waals surface area (Å²) in [5.41, 5.74) is 10.9. The first kappa shape index (κ1) is 25.8. The number of carboxylic acid groups (broad SMARTS) is 1. The molecule has 0 fully saturated rings. The molecule has 0 aromatic heterocycles. The molecule has 0 saturated heterocycles. The van der Waals surface area contributed by atoms with Crippen LogP contribution >= 0.6 is 0 Å². The lowest BCUT2D eigenvalue weighted by Gasteiger charge is -2.25. The minimum absolute atomic E-state index is 0.170. The minimum Gasteiger partial charge on any atom is -0.480 e. The zero-order chi connectivity index (χ0) is 21.9. The molecule has 0 radical (unpaired) electrons. The molecule has 0 bridgehead atoms. The third kappa shape index (κ3) is 9.11. The quantitative estimate of drug-likeness (QED) is 0.166. The SMILES string of the molecule is CC(N)C(=O)NC(C(=O)NC(CO)C(=O)NC(CCCCN)C(=O)O)C(C)C. The summed E-state index contributed by atoms with van der Waals surface area (Å²) in [7, 11) is 0. The lowest BCUT2D eigenvalue weighted by atomic mass is 10.0. The van der Waals surface area contributed by atoms with Gasteiger partial charge in [0.05, 0.1) is 12.6 Å². The second-order valence-electron chi connectivity index (χ2n) is 6.95. The third-order valence-electron chi connectivity index (χ3n) is 4.04. The molecule has 162 valence electrons. The molecule has 28 heavy (non-hydrogen) atoms. The third-order valence-corrected chi connectivity index (χ3v) is 4.04. The molecule has 11 heteroatoms. The van der Waals surface area contributed by atoms with Crippen molar-refractivity contribution in [1.29, 1.82) is 0 Å². The van der Waals surface area contributed by atoms with E-state index in [4.69, 9.17) is 11.5 Å². The Kier molecular flexibility index (Phi) is 12.0. The van der Waals surface area contributed by atoms with Crippen molar-refractivity contribution in [2.24, 2.45) is 17.4 Å². The van der Waals surface area contributed by atoms with E-state index in [0.717, 1.165) is 0 Å². The summed E-state index contributed by atoms with van der Waals surface area (Å²) in [4.78, 5) is 47.8. The zero-order valence-electron chi connectivity index (χ0n) is 16.6. The van der Waals surface area contributed by atoms with Crippen LogP contribution in [-0.4, -0.2) is 71.2 Å². The van der Waals surface area contributed by atoms with Gasteiger partial charge >= 0.3 is 5.97 Å². The summed E-state index contributed by atoms with van der Waals surface area (Å²) < 4.78 is 0. The Morgan fingerprint density at radius 2 is 1.46 bits per heavy atom. The normalized spacial score (nSPS) is 15.2. The van der Waals surface area contributed by atoms with Crippen LogP contribution in [0.2, 0.25) is 0 Å². The van der Waals surface area contributed by atoms with E-state index >= 15 is 0 Å². The molecule has 0 rings (SSSR count). The summed E-state index contributed by atoms with van der Waals surface area (Å²) in [6, 6.07) is -4.32. The van der Waals surface area contributed by atoms with Crippen molar-refractivity contribution >= 4 is 23.7 Å². The van der Waals surface area contributed by atoms with Crippen LogP contribution in [-0.2, 0) is 19.2 Å². The number of carboxylic acids is 1. The van der Waals surface area contributed by atoms with E-state index in [2.05, 4.69) is 16.0 Å². The number of aliphatic carboxylic acids is 1. The lowest BCUT2D eigenvalue weighted by Crippen LogP contribution is -2.59. The topological polar surface area (TPSA) is 197 Å². The predicted octanol–water partition coefficient (Wildman–Crippen LogP) is -2.35. The van der Waals surface area contributed by atoms with Gasteiger partial charge in [0.25, 0.3) is 0 Å². The van der Waals surface area contributed by atoms with Gasteiger partial charge in [-0.3, -0.25) is 14.4 Å². The number of hydrogen-bond donors (Lipinski definition) is 7. The lowest BCUT2D eigenvalue weighted by molar-refractivity contribution is -0.142. The fourth-order valence-corrected chi connectivity index (χ4v) is 2.30.